The third-order valence-corrected chi connectivity index (χ3v) is 3.16. The van der Waals surface area contributed by atoms with Crippen molar-refractivity contribution in [2.45, 2.75) is 0 Å². The number of rotatable bonds is 4. The first kappa shape index (κ1) is 48.0. The second-order valence-electron chi connectivity index (χ2n) is 5.60. The summed E-state index contributed by atoms with van der Waals surface area (Å²) in [7, 11) is 0. The van der Waals surface area contributed by atoms with Gasteiger partial charge in [-0.2, -0.15) is 0 Å². The van der Waals surface area contributed by atoms with Crippen molar-refractivity contribution in [2.24, 2.45) is 0 Å². The number of carboxylic acid groups (broad SMARTS) is 4. The SMILES string of the molecule is O.O.O=C([O-])c1cc(O)cc(C(=O)[O-])n1.O=C([O-])c1cc(O)cc(C(=O)[O-])n1.Oc1cc[nH+]cc1.[Nd+3].[OH3+].[OH3+].[OH3+]. The topological polar surface area (TPSA) is 423 Å². The van der Waals surface area contributed by atoms with Crippen molar-refractivity contribution in [3.05, 3.63) is 71.6 Å². The van der Waals surface area contributed by atoms with Gasteiger partial charge in [0.05, 0.1) is 46.7 Å². The Labute approximate surface area is 249 Å². The minimum absolute atomic E-state index is 0. The minimum atomic E-state index is -1.67. The third-order valence-electron chi connectivity index (χ3n) is 3.16. The molecular weight excluding hydrogens is 670 g/mol. The molecule has 0 unspecified atom stereocenters. The van der Waals surface area contributed by atoms with Gasteiger partial charge in [0.2, 0.25) is 0 Å². The number of carboxylic acids is 4. The Morgan fingerprint density at radius 1 is 0.564 bits per heavy atom. The normalized spacial score (nSPS) is 7.90. The zero-order chi connectivity index (χ0) is 25.1. The maximum absolute atomic E-state index is 10.2. The van der Waals surface area contributed by atoms with Crippen molar-refractivity contribution in [3.63, 3.8) is 0 Å². The van der Waals surface area contributed by atoms with Crippen LogP contribution in [0.1, 0.15) is 42.0 Å². The summed E-state index contributed by atoms with van der Waals surface area (Å²) in [5.41, 5.74) is -2.61. The van der Waals surface area contributed by atoms with Crippen LogP contribution in [0.25, 0.3) is 0 Å². The van der Waals surface area contributed by atoms with Gasteiger partial charge in [-0.15, -0.1) is 0 Å². The number of pyridine rings is 3. The van der Waals surface area contributed by atoms with Gasteiger partial charge < -0.3 is 82.3 Å². The van der Waals surface area contributed by atoms with Crippen LogP contribution < -0.4 is 25.4 Å². The Morgan fingerprint density at radius 2 is 0.795 bits per heavy atom. The third kappa shape index (κ3) is 17.9. The summed E-state index contributed by atoms with van der Waals surface area (Å²) in [5, 5.41) is 67.3. The number of aromatic hydroxyl groups is 3. The quantitative estimate of drug-likeness (QED) is 0.214. The zero-order valence-corrected chi connectivity index (χ0v) is 22.6. The van der Waals surface area contributed by atoms with Gasteiger partial charge in [0.25, 0.3) is 0 Å². The summed E-state index contributed by atoms with van der Waals surface area (Å²) in [6, 6.07) is 6.28. The van der Waals surface area contributed by atoms with Crippen molar-refractivity contribution in [3.8, 4) is 17.2 Å². The maximum atomic E-state index is 10.2. The predicted molar refractivity (Wildman–Crippen MR) is 116 cm³/mol. The molecule has 0 saturated heterocycles. The molecule has 19 nitrogen and oxygen atoms in total. The van der Waals surface area contributed by atoms with Crippen LogP contribution in [0.5, 0.6) is 17.2 Å². The van der Waals surface area contributed by atoms with Gasteiger partial charge in [-0.25, -0.2) is 15.0 Å². The van der Waals surface area contributed by atoms with E-state index in [1.807, 2.05) is 0 Å². The molecule has 3 rings (SSSR count). The average molecular weight is 696 g/mol. The summed E-state index contributed by atoms with van der Waals surface area (Å²) in [5.74, 6) is -7.42. The molecule has 3 heterocycles. The van der Waals surface area contributed by atoms with E-state index < -0.39 is 58.2 Å². The van der Waals surface area contributed by atoms with Crippen LogP contribution in [0, 0.1) is 40.8 Å². The monoisotopic (exact) mass is 693 g/mol. The largest absolute Gasteiger partial charge is 3.00 e. The van der Waals surface area contributed by atoms with E-state index in [9.17, 15) is 39.6 Å². The minimum Gasteiger partial charge on any atom is -0.543 e. The number of H-pyrrole nitrogens is 1. The Hall–Kier alpha value is -4.12. The van der Waals surface area contributed by atoms with Crippen LogP contribution in [-0.4, -0.2) is 60.1 Å². The first-order chi connectivity index (χ1) is 15.4. The number of carbonyl (C=O) groups is 4. The van der Waals surface area contributed by atoms with Crippen LogP contribution in [0.15, 0.2) is 48.8 Å². The van der Waals surface area contributed by atoms with Crippen molar-refractivity contribution in [1.29, 1.82) is 0 Å². The van der Waals surface area contributed by atoms with E-state index in [4.69, 9.17) is 15.3 Å². The molecule has 3 aromatic heterocycles. The fourth-order valence-electron chi connectivity index (χ4n) is 1.83. The van der Waals surface area contributed by atoms with Gasteiger partial charge >= 0.3 is 40.8 Å². The van der Waals surface area contributed by atoms with Gasteiger partial charge in [0.15, 0.2) is 12.4 Å². The molecule has 0 saturated carbocycles. The molecule has 0 spiro atoms. The van der Waals surface area contributed by atoms with Crippen LogP contribution >= 0.6 is 0 Å². The summed E-state index contributed by atoms with van der Waals surface area (Å²) in [4.78, 5) is 50.0. The standard InChI is InChI=1S/2C7H5NO5.C5H5NO.Nd.5H2O/c2*9-3-1-4(6(10)11)8-5(2-3)7(12)13;7-5-1-3-6-4-2-5;;;;;;/h2*1-2H,(H,8,9)(H,10,11)(H,12,13);1-4H,(H,6,7);;5*1H2/q;;;+3;;;;;. The van der Waals surface area contributed by atoms with Gasteiger partial charge in [-0.05, 0) is 0 Å². The number of hydrogen-bond acceptors (Lipinski definition) is 13. The molecule has 0 atom stereocenters. The number of aromatic amines is 1. The number of nitrogens with zero attached hydrogens (tertiary/aromatic N) is 2. The number of aromatic carboxylic acids is 4. The number of nitrogens with one attached hydrogen (secondary N) is 1. The maximum Gasteiger partial charge on any atom is 3.00 e. The molecule has 0 aliphatic rings. The van der Waals surface area contributed by atoms with Gasteiger partial charge in [-0.1, -0.05) is 0 Å². The fourth-order valence-corrected chi connectivity index (χ4v) is 1.83. The van der Waals surface area contributed by atoms with Gasteiger partial charge in [0, 0.05) is 36.4 Å². The molecule has 0 aromatic carbocycles. The summed E-state index contributed by atoms with van der Waals surface area (Å²) in [6.07, 6.45) is 3.32. The Balaban J connectivity index is -0.000000101. The second kappa shape index (κ2) is 23.0. The molecule has 3 aromatic rings. The van der Waals surface area contributed by atoms with Crippen molar-refractivity contribution < 1.29 is 128 Å². The van der Waals surface area contributed by atoms with E-state index in [1.165, 1.54) is 0 Å². The van der Waals surface area contributed by atoms with E-state index >= 15 is 0 Å². The zero-order valence-electron chi connectivity index (χ0n) is 19.4. The van der Waals surface area contributed by atoms with E-state index in [0.29, 0.717) is 5.75 Å². The molecule has 0 fully saturated rings. The van der Waals surface area contributed by atoms with Crippen LogP contribution in [0.2, 0.25) is 0 Å². The van der Waals surface area contributed by atoms with Gasteiger partial charge in [-0.3, -0.25) is 0 Å². The Bertz CT molecular complexity index is 1040. The van der Waals surface area contributed by atoms with E-state index in [2.05, 4.69) is 15.0 Å². The molecule has 0 aliphatic heterocycles. The van der Waals surface area contributed by atoms with Crippen molar-refractivity contribution >= 4 is 23.9 Å². The number of aromatic nitrogens is 3. The molecule has 0 bridgehead atoms. The molecule has 0 amide bonds. The summed E-state index contributed by atoms with van der Waals surface area (Å²) < 4.78 is 0. The average Bonchev–Trinajstić information content (AvgIpc) is 2.74. The molecule has 1 radical (unpaired) electrons. The van der Waals surface area contributed by atoms with Gasteiger partial charge in [0.1, 0.15) is 17.2 Å². The predicted octanol–water partition coefficient (Wildman–Crippen LogP) is -9.18. The molecular formula is C19H25N3NdO16+3. The van der Waals surface area contributed by atoms with Crippen LogP contribution in [-0.2, 0) is 16.4 Å². The molecule has 39 heavy (non-hydrogen) atoms. The van der Waals surface area contributed by atoms with E-state index in [-0.39, 0.29) is 68.2 Å². The van der Waals surface area contributed by atoms with E-state index in [0.717, 1.165) is 24.3 Å². The Kier molecular flexibility index (Phi) is 28.3. The van der Waals surface area contributed by atoms with Crippen molar-refractivity contribution in [1.82, 2.24) is 9.97 Å². The first-order valence-corrected chi connectivity index (χ1v) is 8.33. The molecule has 213 valence electrons. The smallest absolute Gasteiger partial charge is 0.543 e. The number of carbonyl (C=O) groups excluding carboxylic acids is 4. The second-order valence-corrected chi connectivity index (χ2v) is 5.60. The number of hydrogen-bond donors (Lipinski definition) is 3. The van der Waals surface area contributed by atoms with Crippen molar-refractivity contribution in [2.75, 3.05) is 0 Å². The summed E-state index contributed by atoms with van der Waals surface area (Å²) in [6.45, 7) is 0. The Morgan fingerprint density at radius 3 is 0.949 bits per heavy atom. The van der Waals surface area contributed by atoms with E-state index in [1.54, 1.807) is 24.5 Å². The molecule has 20 heteroatoms. The summed E-state index contributed by atoms with van der Waals surface area (Å²) >= 11 is 0. The van der Waals surface area contributed by atoms with Crippen LogP contribution in [0.4, 0.5) is 0 Å². The first-order valence-electron chi connectivity index (χ1n) is 8.33. The molecule has 0 aliphatic carbocycles. The molecule has 17 N–H and O–H groups in total. The fraction of sp³-hybridized carbons (Fsp3) is 0. The van der Waals surface area contributed by atoms with Crippen LogP contribution in [0.3, 0.4) is 0 Å².